The number of carbonyl (C=O) groups is 1. The molecule has 1 aliphatic rings. The summed E-state index contributed by atoms with van der Waals surface area (Å²) in [6.45, 7) is 5.28. The highest BCUT2D eigenvalue weighted by Gasteiger charge is 2.27. The van der Waals surface area contributed by atoms with Crippen LogP contribution in [-0.4, -0.2) is 40.5 Å². The number of halogens is 1. The molecule has 144 valence electrons. The number of nitrogens with one attached hydrogen (secondary N) is 1. The lowest BCUT2D eigenvalue weighted by Gasteiger charge is -2.28. The quantitative estimate of drug-likeness (QED) is 0.765. The number of amides is 1. The Balaban J connectivity index is 1.83. The fourth-order valence-electron chi connectivity index (χ4n) is 3.01. The van der Waals surface area contributed by atoms with Crippen LogP contribution in [0.25, 0.3) is 0 Å². The minimum Gasteiger partial charge on any atom is -0.346 e. The number of nitrogens with zero attached hydrogens (tertiary/aromatic N) is 2. The molecule has 27 heavy (non-hydrogen) atoms. The highest BCUT2D eigenvalue weighted by Crippen LogP contribution is 2.20. The van der Waals surface area contributed by atoms with Gasteiger partial charge < -0.3 is 19.4 Å². The predicted octanol–water partition coefficient (Wildman–Crippen LogP) is 2.69. The van der Waals surface area contributed by atoms with Crippen LogP contribution in [0.3, 0.4) is 0 Å². The van der Waals surface area contributed by atoms with Crippen LogP contribution < -0.4 is 5.56 Å². The first-order valence-electron chi connectivity index (χ1n) is 8.93. The molecule has 1 amide bonds. The van der Waals surface area contributed by atoms with E-state index in [1.165, 1.54) is 0 Å². The van der Waals surface area contributed by atoms with Gasteiger partial charge in [0.25, 0.3) is 11.5 Å². The van der Waals surface area contributed by atoms with Crippen molar-refractivity contribution in [1.29, 1.82) is 0 Å². The molecule has 1 N–H and O–H groups in total. The predicted molar refractivity (Wildman–Crippen MR) is 101 cm³/mol. The van der Waals surface area contributed by atoms with Crippen LogP contribution in [0.5, 0.6) is 0 Å². The number of H-pyrrole nitrogens is 1. The Morgan fingerprint density at radius 3 is 2.56 bits per heavy atom. The molecule has 0 aliphatic carbocycles. The number of hydrogen-bond acceptors (Lipinski definition) is 5. The van der Waals surface area contributed by atoms with Gasteiger partial charge >= 0.3 is 0 Å². The smallest absolute Gasteiger partial charge is 0.256 e. The molecule has 1 aliphatic heterocycles. The molecular weight excluding hydrogens is 370 g/mol. The maximum absolute atomic E-state index is 12.7. The van der Waals surface area contributed by atoms with Crippen molar-refractivity contribution in [3.63, 3.8) is 0 Å². The van der Waals surface area contributed by atoms with Crippen molar-refractivity contribution in [3.8, 4) is 0 Å². The van der Waals surface area contributed by atoms with Crippen LogP contribution in [0.4, 0.5) is 0 Å². The third kappa shape index (κ3) is 4.37. The van der Waals surface area contributed by atoms with Gasteiger partial charge in [0.2, 0.25) is 6.29 Å². The van der Waals surface area contributed by atoms with E-state index in [1.54, 1.807) is 29.2 Å². The van der Waals surface area contributed by atoms with Crippen molar-refractivity contribution in [2.24, 2.45) is 0 Å². The summed E-state index contributed by atoms with van der Waals surface area (Å²) in [5, 5.41) is 0.571. The molecule has 0 fully saturated rings. The fraction of sp³-hybridized carbons (Fsp3) is 0.421. The molecule has 2 heterocycles. The van der Waals surface area contributed by atoms with E-state index in [0.29, 0.717) is 53.8 Å². The van der Waals surface area contributed by atoms with Gasteiger partial charge in [-0.1, -0.05) is 11.6 Å². The van der Waals surface area contributed by atoms with E-state index >= 15 is 0 Å². The number of benzene rings is 1. The molecule has 1 aromatic carbocycles. The molecule has 0 bridgehead atoms. The first-order valence-corrected chi connectivity index (χ1v) is 9.31. The van der Waals surface area contributed by atoms with Crippen LogP contribution in [0.15, 0.2) is 29.1 Å². The van der Waals surface area contributed by atoms with Gasteiger partial charge in [-0.2, -0.15) is 0 Å². The molecule has 0 radical (unpaired) electrons. The zero-order valence-electron chi connectivity index (χ0n) is 15.3. The Kier molecular flexibility index (Phi) is 6.26. The van der Waals surface area contributed by atoms with Gasteiger partial charge in [0.1, 0.15) is 0 Å². The van der Waals surface area contributed by atoms with Gasteiger partial charge in [0.05, 0.1) is 17.8 Å². The summed E-state index contributed by atoms with van der Waals surface area (Å²) in [5.74, 6) is 0.224. The summed E-state index contributed by atoms with van der Waals surface area (Å²) in [5.41, 5.74) is 1.45. The molecular formula is C19H22ClN3O4. The SMILES string of the molecule is CCOC(OCC)c1nc2c(c(=O)[nH]1)CN(C(=O)c1ccc(Cl)cc1)CC2. The van der Waals surface area contributed by atoms with E-state index < -0.39 is 6.29 Å². The lowest BCUT2D eigenvalue weighted by atomic mass is 10.1. The largest absolute Gasteiger partial charge is 0.346 e. The second-order valence-corrected chi connectivity index (χ2v) is 6.54. The Morgan fingerprint density at radius 1 is 1.26 bits per heavy atom. The van der Waals surface area contributed by atoms with Gasteiger partial charge in [-0.05, 0) is 38.1 Å². The second-order valence-electron chi connectivity index (χ2n) is 6.10. The van der Waals surface area contributed by atoms with Crippen molar-refractivity contribution < 1.29 is 14.3 Å². The number of ether oxygens (including phenoxy) is 2. The zero-order chi connectivity index (χ0) is 19.4. The van der Waals surface area contributed by atoms with Crippen molar-refractivity contribution in [1.82, 2.24) is 14.9 Å². The maximum atomic E-state index is 12.7. The van der Waals surface area contributed by atoms with Gasteiger partial charge in [0.15, 0.2) is 5.82 Å². The number of aromatic nitrogens is 2. The number of fused-ring (bicyclic) bond motifs is 1. The van der Waals surface area contributed by atoms with Crippen molar-refractivity contribution in [3.05, 3.63) is 62.3 Å². The first-order chi connectivity index (χ1) is 13.0. The lowest BCUT2D eigenvalue weighted by Crippen LogP contribution is -2.40. The van der Waals surface area contributed by atoms with Crippen molar-refractivity contribution >= 4 is 17.5 Å². The number of carbonyl (C=O) groups excluding carboxylic acids is 1. The van der Waals surface area contributed by atoms with E-state index in [0.717, 1.165) is 0 Å². The molecule has 2 aromatic rings. The van der Waals surface area contributed by atoms with E-state index in [1.807, 2.05) is 13.8 Å². The molecule has 8 heteroatoms. The average molecular weight is 392 g/mol. The van der Waals surface area contributed by atoms with Crippen LogP contribution in [-0.2, 0) is 22.4 Å². The highest BCUT2D eigenvalue weighted by atomic mass is 35.5. The molecule has 7 nitrogen and oxygen atoms in total. The molecule has 0 atom stereocenters. The number of aromatic amines is 1. The van der Waals surface area contributed by atoms with Crippen molar-refractivity contribution in [2.75, 3.05) is 19.8 Å². The summed E-state index contributed by atoms with van der Waals surface area (Å²) < 4.78 is 11.0. The van der Waals surface area contributed by atoms with Gasteiger partial charge in [-0.25, -0.2) is 4.98 Å². The highest BCUT2D eigenvalue weighted by molar-refractivity contribution is 6.30. The Hall–Kier alpha value is -2.22. The molecule has 0 saturated heterocycles. The van der Waals surface area contributed by atoms with Crippen LogP contribution in [0.2, 0.25) is 5.02 Å². The number of rotatable bonds is 6. The standard InChI is InChI=1S/C19H22ClN3O4/c1-3-26-19(27-4-2)16-21-15-9-10-23(11-14(15)17(24)22-16)18(25)12-5-7-13(20)8-6-12/h5-8,19H,3-4,9-11H2,1-2H3,(H,21,22,24). The number of hydrogen-bond donors (Lipinski definition) is 1. The maximum Gasteiger partial charge on any atom is 0.256 e. The van der Waals surface area contributed by atoms with Crippen molar-refractivity contribution in [2.45, 2.75) is 33.1 Å². The minimum atomic E-state index is -0.702. The fourth-order valence-corrected chi connectivity index (χ4v) is 3.14. The lowest BCUT2D eigenvalue weighted by molar-refractivity contribution is -0.145. The minimum absolute atomic E-state index is 0.137. The average Bonchev–Trinajstić information content (AvgIpc) is 2.67. The molecule has 0 unspecified atom stereocenters. The van der Waals surface area contributed by atoms with E-state index in [9.17, 15) is 9.59 Å². The van der Waals surface area contributed by atoms with Crippen LogP contribution in [0, 0.1) is 0 Å². The molecule has 3 rings (SSSR count). The van der Waals surface area contributed by atoms with E-state index in [-0.39, 0.29) is 18.0 Å². The molecule has 0 saturated carbocycles. The molecule has 1 aromatic heterocycles. The summed E-state index contributed by atoms with van der Waals surface area (Å²) in [6.07, 6.45) is -0.206. The van der Waals surface area contributed by atoms with Gasteiger partial charge in [-0.3, -0.25) is 9.59 Å². The zero-order valence-corrected chi connectivity index (χ0v) is 16.1. The second kappa shape index (κ2) is 8.65. The Bertz CT molecular complexity index is 860. The van der Waals surface area contributed by atoms with Crippen LogP contribution >= 0.6 is 11.6 Å². The Labute approximate surface area is 162 Å². The normalized spacial score (nSPS) is 13.7. The van der Waals surface area contributed by atoms with E-state index in [2.05, 4.69) is 9.97 Å². The third-order valence-corrected chi connectivity index (χ3v) is 4.58. The summed E-state index contributed by atoms with van der Waals surface area (Å²) >= 11 is 5.88. The Morgan fingerprint density at radius 2 is 1.93 bits per heavy atom. The summed E-state index contributed by atoms with van der Waals surface area (Å²) in [6, 6.07) is 6.71. The summed E-state index contributed by atoms with van der Waals surface area (Å²) in [4.78, 5) is 34.2. The van der Waals surface area contributed by atoms with Gasteiger partial charge in [0, 0.05) is 36.8 Å². The van der Waals surface area contributed by atoms with Crippen LogP contribution in [0.1, 0.15) is 47.6 Å². The van der Waals surface area contributed by atoms with E-state index in [4.69, 9.17) is 21.1 Å². The molecule has 0 spiro atoms. The van der Waals surface area contributed by atoms with Gasteiger partial charge in [-0.15, -0.1) is 0 Å². The third-order valence-electron chi connectivity index (χ3n) is 4.32. The summed E-state index contributed by atoms with van der Waals surface area (Å²) in [7, 11) is 0. The first kappa shape index (κ1) is 19.5. The topological polar surface area (TPSA) is 84.5 Å². The monoisotopic (exact) mass is 391 g/mol.